The van der Waals surface area contributed by atoms with Crippen LogP contribution in [0.2, 0.25) is 0 Å². The number of carbonyl (C=O) groups is 2. The van der Waals surface area contributed by atoms with Gasteiger partial charge in [-0.2, -0.15) is 0 Å². The van der Waals surface area contributed by atoms with Gasteiger partial charge in [-0.15, -0.1) is 0 Å². The first-order valence-corrected chi connectivity index (χ1v) is 9.69. The number of rotatable bonds is 4. The van der Waals surface area contributed by atoms with Gasteiger partial charge in [0.1, 0.15) is 5.54 Å². The molecule has 1 atom stereocenters. The Balaban J connectivity index is 1.51. The predicted octanol–water partition coefficient (Wildman–Crippen LogP) is 2.73. The van der Waals surface area contributed by atoms with Crippen LogP contribution < -0.4 is 5.32 Å². The molecule has 2 aliphatic rings. The molecule has 2 aromatic carbocycles. The summed E-state index contributed by atoms with van der Waals surface area (Å²) in [4.78, 5) is 33.0. The van der Waals surface area contributed by atoms with Crippen LogP contribution in [0.4, 0.5) is 0 Å². The highest BCUT2D eigenvalue weighted by molar-refractivity contribution is 6.01. The van der Waals surface area contributed by atoms with E-state index in [1.54, 1.807) is 4.90 Å². The summed E-state index contributed by atoms with van der Waals surface area (Å²) in [7, 11) is 0. The van der Waals surface area contributed by atoms with E-state index in [0.717, 1.165) is 29.4 Å². The second-order valence-electron chi connectivity index (χ2n) is 7.86. The Morgan fingerprint density at radius 3 is 2.61 bits per heavy atom. The van der Waals surface area contributed by atoms with Crippen molar-refractivity contribution in [1.82, 2.24) is 19.8 Å². The van der Waals surface area contributed by atoms with Crippen molar-refractivity contribution < 1.29 is 9.59 Å². The molecule has 0 spiro atoms. The van der Waals surface area contributed by atoms with Crippen molar-refractivity contribution >= 4 is 22.8 Å². The molecule has 1 N–H and O–H groups in total. The zero-order valence-electron chi connectivity index (χ0n) is 15.8. The fourth-order valence-corrected chi connectivity index (χ4v) is 4.17. The lowest BCUT2D eigenvalue weighted by Gasteiger charge is -2.43. The number of hydrogen-bond acceptors (Lipinski definition) is 3. The lowest BCUT2D eigenvalue weighted by Crippen LogP contribution is -2.64. The first-order valence-electron chi connectivity index (χ1n) is 9.69. The van der Waals surface area contributed by atoms with Crippen LogP contribution in [0.1, 0.15) is 35.9 Å². The van der Waals surface area contributed by atoms with Gasteiger partial charge in [0.25, 0.3) is 5.91 Å². The first kappa shape index (κ1) is 17.0. The number of nitrogens with one attached hydrogen (secondary N) is 1. The van der Waals surface area contributed by atoms with Gasteiger partial charge in [0.2, 0.25) is 5.91 Å². The fraction of sp³-hybridized carbons (Fsp3) is 0.318. The van der Waals surface area contributed by atoms with Crippen LogP contribution in [0.25, 0.3) is 11.0 Å². The lowest BCUT2D eigenvalue weighted by atomic mass is 9.94. The highest BCUT2D eigenvalue weighted by Gasteiger charge is 2.53. The van der Waals surface area contributed by atoms with Crippen LogP contribution in [0.5, 0.6) is 0 Å². The van der Waals surface area contributed by atoms with Gasteiger partial charge in [0.15, 0.2) is 5.82 Å². The Morgan fingerprint density at radius 2 is 1.86 bits per heavy atom. The molecule has 142 valence electrons. The SMILES string of the molecule is CC1(C(=O)NCc2ccccc2)Cn2c(nc3ccccc32)C(=O)N1C1CC1. The van der Waals surface area contributed by atoms with Gasteiger partial charge < -0.3 is 14.8 Å². The lowest BCUT2D eigenvalue weighted by molar-refractivity contribution is -0.133. The van der Waals surface area contributed by atoms with Crippen molar-refractivity contribution in [2.45, 2.75) is 44.4 Å². The Hall–Kier alpha value is -3.15. The average molecular weight is 374 g/mol. The third-order valence-corrected chi connectivity index (χ3v) is 5.76. The molecule has 3 aromatic rings. The third-order valence-electron chi connectivity index (χ3n) is 5.76. The summed E-state index contributed by atoms with van der Waals surface area (Å²) in [5.41, 5.74) is 1.77. The quantitative estimate of drug-likeness (QED) is 0.764. The summed E-state index contributed by atoms with van der Waals surface area (Å²) in [5, 5.41) is 3.05. The van der Waals surface area contributed by atoms with Gasteiger partial charge in [-0.25, -0.2) is 4.98 Å². The van der Waals surface area contributed by atoms with Crippen LogP contribution in [0, 0.1) is 0 Å². The maximum atomic E-state index is 13.3. The van der Waals surface area contributed by atoms with E-state index in [1.165, 1.54) is 0 Å². The number of amides is 2. The summed E-state index contributed by atoms with van der Waals surface area (Å²) in [5.74, 6) is 0.156. The topological polar surface area (TPSA) is 67.2 Å². The van der Waals surface area contributed by atoms with E-state index in [-0.39, 0.29) is 17.9 Å². The van der Waals surface area contributed by atoms with Crippen molar-refractivity contribution in [3.8, 4) is 0 Å². The molecule has 5 rings (SSSR count). The van der Waals surface area contributed by atoms with E-state index < -0.39 is 5.54 Å². The third kappa shape index (κ3) is 2.59. The van der Waals surface area contributed by atoms with Crippen LogP contribution >= 0.6 is 0 Å². The van der Waals surface area contributed by atoms with Gasteiger partial charge in [-0.3, -0.25) is 9.59 Å². The smallest absolute Gasteiger partial charge is 0.291 e. The molecule has 1 aromatic heterocycles. The van der Waals surface area contributed by atoms with Gasteiger partial charge in [-0.1, -0.05) is 42.5 Å². The van der Waals surface area contributed by atoms with Gasteiger partial charge >= 0.3 is 0 Å². The number of aromatic nitrogens is 2. The number of carbonyl (C=O) groups excluding carboxylic acids is 2. The van der Waals surface area contributed by atoms with E-state index in [1.807, 2.05) is 66.1 Å². The van der Waals surface area contributed by atoms with E-state index >= 15 is 0 Å². The van der Waals surface area contributed by atoms with E-state index in [0.29, 0.717) is 18.9 Å². The average Bonchev–Trinajstić information content (AvgIpc) is 3.47. The van der Waals surface area contributed by atoms with Crippen molar-refractivity contribution in [2.24, 2.45) is 0 Å². The van der Waals surface area contributed by atoms with Crippen LogP contribution in [0.3, 0.4) is 0 Å². The number of nitrogens with zero attached hydrogens (tertiary/aromatic N) is 3. The number of benzene rings is 2. The van der Waals surface area contributed by atoms with Crippen LogP contribution in [0.15, 0.2) is 54.6 Å². The van der Waals surface area contributed by atoms with Crippen molar-refractivity contribution in [3.63, 3.8) is 0 Å². The van der Waals surface area contributed by atoms with E-state index in [9.17, 15) is 9.59 Å². The molecule has 6 heteroatoms. The molecule has 1 saturated carbocycles. The van der Waals surface area contributed by atoms with Crippen molar-refractivity contribution in [2.75, 3.05) is 0 Å². The Kier molecular flexibility index (Phi) is 3.75. The summed E-state index contributed by atoms with van der Waals surface area (Å²) in [6, 6.07) is 17.6. The highest BCUT2D eigenvalue weighted by Crippen LogP contribution is 2.39. The van der Waals surface area contributed by atoms with E-state index in [2.05, 4.69) is 10.3 Å². The Bertz CT molecular complexity index is 1070. The molecule has 0 radical (unpaired) electrons. The summed E-state index contributed by atoms with van der Waals surface area (Å²) >= 11 is 0. The molecular formula is C22H22N4O2. The van der Waals surface area contributed by atoms with Crippen molar-refractivity contribution in [3.05, 3.63) is 66.0 Å². The second-order valence-corrected chi connectivity index (χ2v) is 7.86. The van der Waals surface area contributed by atoms with Gasteiger partial charge in [0, 0.05) is 12.6 Å². The number of para-hydroxylation sites is 2. The highest BCUT2D eigenvalue weighted by atomic mass is 16.2. The van der Waals surface area contributed by atoms with Gasteiger partial charge in [-0.05, 0) is 37.5 Å². The zero-order valence-corrected chi connectivity index (χ0v) is 15.8. The molecule has 28 heavy (non-hydrogen) atoms. The molecule has 0 bridgehead atoms. The molecular weight excluding hydrogens is 352 g/mol. The molecule has 1 fully saturated rings. The number of fused-ring (bicyclic) bond motifs is 3. The molecule has 1 unspecified atom stereocenters. The fourth-order valence-electron chi connectivity index (χ4n) is 4.17. The minimum Gasteiger partial charge on any atom is -0.350 e. The molecule has 0 saturated heterocycles. The Morgan fingerprint density at radius 1 is 1.14 bits per heavy atom. The van der Waals surface area contributed by atoms with E-state index in [4.69, 9.17) is 0 Å². The summed E-state index contributed by atoms with van der Waals surface area (Å²) < 4.78 is 1.90. The molecule has 2 amide bonds. The molecule has 1 aliphatic heterocycles. The predicted molar refractivity (Wildman–Crippen MR) is 106 cm³/mol. The molecule has 2 heterocycles. The summed E-state index contributed by atoms with van der Waals surface area (Å²) in [6.07, 6.45) is 1.88. The standard InChI is InChI=1S/C22H22N4O2/c1-22(21(28)23-13-15-7-3-2-4-8-15)14-25-18-10-6-5-9-17(18)24-19(25)20(27)26(22)16-11-12-16/h2-10,16H,11-14H2,1H3,(H,23,28). The first-order chi connectivity index (χ1) is 13.6. The maximum Gasteiger partial charge on any atom is 0.291 e. The Labute approximate surface area is 163 Å². The number of imidazole rings is 1. The maximum absolute atomic E-state index is 13.3. The van der Waals surface area contributed by atoms with Crippen molar-refractivity contribution in [1.29, 1.82) is 0 Å². The summed E-state index contributed by atoms with van der Waals surface area (Å²) in [6.45, 7) is 2.73. The zero-order chi connectivity index (χ0) is 19.3. The van der Waals surface area contributed by atoms with Crippen LogP contribution in [-0.2, 0) is 17.9 Å². The monoisotopic (exact) mass is 374 g/mol. The molecule has 1 aliphatic carbocycles. The normalized spacial score (nSPS) is 21.6. The minimum absolute atomic E-state index is 0.119. The number of hydrogen-bond donors (Lipinski definition) is 1. The minimum atomic E-state index is -0.941. The van der Waals surface area contributed by atoms with Gasteiger partial charge in [0.05, 0.1) is 17.6 Å². The van der Waals surface area contributed by atoms with Crippen LogP contribution in [-0.4, -0.2) is 37.8 Å². The molecule has 6 nitrogen and oxygen atoms in total. The largest absolute Gasteiger partial charge is 0.350 e. The second kappa shape index (κ2) is 6.19.